The third-order valence-corrected chi connectivity index (χ3v) is 4.69. The van der Waals surface area contributed by atoms with E-state index >= 15 is 0 Å². The van der Waals surface area contributed by atoms with Crippen LogP contribution in [0, 0.1) is 0 Å². The molecule has 24 heavy (non-hydrogen) atoms. The van der Waals surface area contributed by atoms with Gasteiger partial charge in [0.1, 0.15) is 5.50 Å². The minimum Gasteiger partial charge on any atom is -0.465 e. The van der Waals surface area contributed by atoms with Crippen molar-refractivity contribution in [2.24, 2.45) is 0 Å². The summed E-state index contributed by atoms with van der Waals surface area (Å²) < 4.78 is 5.31. The zero-order valence-corrected chi connectivity index (χ0v) is 13.9. The summed E-state index contributed by atoms with van der Waals surface area (Å²) in [6.07, 6.45) is -0.310. The molecule has 0 radical (unpaired) electrons. The van der Waals surface area contributed by atoms with E-state index in [9.17, 15) is 9.59 Å². The van der Waals surface area contributed by atoms with Crippen LogP contribution in [0.1, 0.15) is 16.8 Å². The van der Waals surface area contributed by atoms with E-state index in [1.165, 1.54) is 4.90 Å². The largest absolute Gasteiger partial charge is 0.465 e. The highest BCUT2D eigenvalue weighted by Crippen LogP contribution is 2.22. The number of morpholine rings is 1. The number of benzene rings is 1. The van der Waals surface area contributed by atoms with Gasteiger partial charge in [-0.05, 0) is 30.7 Å². The SMILES string of the molecule is O=C(NC1CCN(C(=O)O)C1)c1ccc(N2CCOCC2Cl)cc1. The fraction of sp³-hybridized carbons (Fsp3) is 0.500. The Kier molecular flexibility index (Phi) is 5.11. The highest BCUT2D eigenvalue weighted by atomic mass is 35.5. The van der Waals surface area contributed by atoms with Crippen LogP contribution in [0.25, 0.3) is 0 Å². The van der Waals surface area contributed by atoms with Crippen molar-refractivity contribution in [3.05, 3.63) is 29.8 Å². The number of nitrogens with one attached hydrogen (secondary N) is 1. The summed E-state index contributed by atoms with van der Waals surface area (Å²) >= 11 is 6.24. The lowest BCUT2D eigenvalue weighted by atomic mass is 10.1. The maximum Gasteiger partial charge on any atom is 0.407 e. The van der Waals surface area contributed by atoms with E-state index in [2.05, 4.69) is 5.32 Å². The normalized spacial score (nSPS) is 24.0. The molecule has 7 nitrogen and oxygen atoms in total. The zero-order chi connectivity index (χ0) is 17.1. The second kappa shape index (κ2) is 7.27. The summed E-state index contributed by atoms with van der Waals surface area (Å²) in [7, 11) is 0. The van der Waals surface area contributed by atoms with Gasteiger partial charge in [0.2, 0.25) is 0 Å². The molecule has 1 aromatic rings. The number of alkyl halides is 1. The molecular weight excluding hydrogens is 334 g/mol. The van der Waals surface area contributed by atoms with Crippen molar-refractivity contribution in [2.45, 2.75) is 18.0 Å². The first-order valence-electron chi connectivity index (χ1n) is 7.92. The van der Waals surface area contributed by atoms with Crippen molar-refractivity contribution < 1.29 is 19.4 Å². The third kappa shape index (κ3) is 3.73. The maximum absolute atomic E-state index is 12.3. The van der Waals surface area contributed by atoms with Gasteiger partial charge in [0.05, 0.1) is 13.2 Å². The van der Waals surface area contributed by atoms with Gasteiger partial charge in [-0.1, -0.05) is 11.6 Å². The number of carboxylic acid groups (broad SMARTS) is 1. The van der Waals surface area contributed by atoms with E-state index in [0.29, 0.717) is 44.8 Å². The first-order valence-corrected chi connectivity index (χ1v) is 8.35. The van der Waals surface area contributed by atoms with E-state index in [4.69, 9.17) is 21.4 Å². The number of amides is 2. The summed E-state index contributed by atoms with van der Waals surface area (Å²) in [6.45, 7) is 2.61. The molecule has 2 aliphatic heterocycles. The van der Waals surface area contributed by atoms with Gasteiger partial charge in [0.25, 0.3) is 5.91 Å². The molecule has 2 aliphatic rings. The lowest BCUT2D eigenvalue weighted by Crippen LogP contribution is -2.42. The second-order valence-corrected chi connectivity index (χ2v) is 6.44. The molecule has 0 aliphatic carbocycles. The molecule has 2 atom stereocenters. The van der Waals surface area contributed by atoms with E-state index in [0.717, 1.165) is 5.69 Å². The van der Waals surface area contributed by atoms with Crippen LogP contribution in [0.2, 0.25) is 0 Å². The molecule has 130 valence electrons. The summed E-state index contributed by atoms with van der Waals surface area (Å²) in [6, 6.07) is 7.11. The van der Waals surface area contributed by atoms with Crippen LogP contribution in [0.3, 0.4) is 0 Å². The minimum atomic E-state index is -0.947. The van der Waals surface area contributed by atoms with E-state index in [1.54, 1.807) is 12.1 Å². The number of hydrogen-bond acceptors (Lipinski definition) is 4. The van der Waals surface area contributed by atoms with Gasteiger partial charge in [-0.3, -0.25) is 4.79 Å². The zero-order valence-electron chi connectivity index (χ0n) is 13.2. The Hall–Kier alpha value is -1.99. The first-order chi connectivity index (χ1) is 11.5. The van der Waals surface area contributed by atoms with Crippen molar-refractivity contribution in [2.75, 3.05) is 37.7 Å². The van der Waals surface area contributed by atoms with Gasteiger partial charge in [-0.2, -0.15) is 0 Å². The number of likely N-dealkylation sites (tertiary alicyclic amines) is 1. The molecule has 2 heterocycles. The predicted octanol–water partition coefficient (Wildman–Crippen LogP) is 1.57. The highest BCUT2D eigenvalue weighted by Gasteiger charge is 2.27. The van der Waals surface area contributed by atoms with E-state index in [-0.39, 0.29) is 17.5 Å². The van der Waals surface area contributed by atoms with Crippen molar-refractivity contribution >= 4 is 29.3 Å². The lowest BCUT2D eigenvalue weighted by Gasteiger charge is -2.33. The van der Waals surface area contributed by atoms with Crippen LogP contribution in [-0.4, -0.2) is 66.4 Å². The first kappa shape index (κ1) is 16.9. The molecule has 0 saturated carbocycles. The molecule has 1 aromatic carbocycles. The minimum absolute atomic E-state index is 0.139. The van der Waals surface area contributed by atoms with E-state index < -0.39 is 6.09 Å². The number of halogens is 1. The van der Waals surface area contributed by atoms with Gasteiger partial charge in [-0.25, -0.2) is 4.79 Å². The molecule has 2 unspecified atom stereocenters. The molecule has 0 spiro atoms. The Morgan fingerprint density at radius 2 is 2.00 bits per heavy atom. The summed E-state index contributed by atoms with van der Waals surface area (Å²) in [5, 5.41) is 11.8. The highest BCUT2D eigenvalue weighted by molar-refractivity contribution is 6.22. The van der Waals surface area contributed by atoms with Gasteiger partial charge >= 0.3 is 6.09 Å². The molecule has 0 aromatic heterocycles. The average Bonchev–Trinajstić information content (AvgIpc) is 3.04. The molecular formula is C16H20ClN3O4. The van der Waals surface area contributed by atoms with Crippen LogP contribution < -0.4 is 10.2 Å². The number of rotatable bonds is 3. The third-order valence-electron chi connectivity index (χ3n) is 4.33. The Morgan fingerprint density at radius 1 is 1.25 bits per heavy atom. The quantitative estimate of drug-likeness (QED) is 0.636. The molecule has 8 heteroatoms. The van der Waals surface area contributed by atoms with Crippen molar-refractivity contribution in [1.82, 2.24) is 10.2 Å². The molecule has 0 bridgehead atoms. The van der Waals surface area contributed by atoms with Crippen LogP contribution in [0.15, 0.2) is 24.3 Å². The standard InChI is InChI=1S/C16H20ClN3O4/c17-14-10-24-8-7-20(14)13-3-1-11(2-4-13)15(21)18-12-5-6-19(9-12)16(22)23/h1-4,12,14H,5-10H2,(H,18,21)(H,22,23). The fourth-order valence-electron chi connectivity index (χ4n) is 2.99. The molecule has 2 saturated heterocycles. The molecule has 3 rings (SSSR count). The number of anilines is 1. The van der Waals surface area contributed by atoms with Gasteiger partial charge in [0.15, 0.2) is 0 Å². The van der Waals surface area contributed by atoms with Crippen LogP contribution in [0.4, 0.5) is 10.5 Å². The number of carbonyl (C=O) groups excluding carboxylic acids is 1. The number of ether oxygens (including phenoxy) is 1. The van der Waals surface area contributed by atoms with Crippen molar-refractivity contribution in [3.63, 3.8) is 0 Å². The summed E-state index contributed by atoms with van der Waals surface area (Å²) in [4.78, 5) is 26.5. The maximum atomic E-state index is 12.3. The molecule has 2 amide bonds. The Balaban J connectivity index is 1.59. The van der Waals surface area contributed by atoms with Crippen molar-refractivity contribution in [1.29, 1.82) is 0 Å². The lowest BCUT2D eigenvalue weighted by molar-refractivity contribution is 0.0935. The number of hydrogen-bond donors (Lipinski definition) is 2. The average molecular weight is 354 g/mol. The van der Waals surface area contributed by atoms with Crippen LogP contribution >= 0.6 is 11.6 Å². The van der Waals surface area contributed by atoms with Crippen LogP contribution in [0.5, 0.6) is 0 Å². The number of carbonyl (C=O) groups is 2. The molecule has 2 fully saturated rings. The Labute approximate surface area is 145 Å². The van der Waals surface area contributed by atoms with Crippen molar-refractivity contribution in [3.8, 4) is 0 Å². The Morgan fingerprint density at radius 3 is 2.62 bits per heavy atom. The van der Waals surface area contributed by atoms with E-state index in [1.807, 2.05) is 17.0 Å². The van der Waals surface area contributed by atoms with Gasteiger partial charge < -0.3 is 25.0 Å². The fourth-order valence-corrected chi connectivity index (χ4v) is 3.29. The smallest absolute Gasteiger partial charge is 0.407 e. The van der Waals surface area contributed by atoms with Gasteiger partial charge in [0, 0.05) is 36.9 Å². The van der Waals surface area contributed by atoms with Gasteiger partial charge in [-0.15, -0.1) is 0 Å². The summed E-state index contributed by atoms with van der Waals surface area (Å²) in [5.41, 5.74) is 1.29. The number of nitrogens with zero attached hydrogens (tertiary/aromatic N) is 2. The monoisotopic (exact) mass is 353 g/mol. The second-order valence-electron chi connectivity index (χ2n) is 5.94. The van der Waals surface area contributed by atoms with Crippen LogP contribution in [-0.2, 0) is 4.74 Å². The Bertz CT molecular complexity index is 610. The topological polar surface area (TPSA) is 82.1 Å². The molecule has 2 N–H and O–H groups in total. The summed E-state index contributed by atoms with van der Waals surface area (Å²) in [5.74, 6) is -0.191. The predicted molar refractivity (Wildman–Crippen MR) is 89.7 cm³/mol.